The summed E-state index contributed by atoms with van der Waals surface area (Å²) in [6.45, 7) is 0.292. The van der Waals surface area contributed by atoms with E-state index in [1.807, 2.05) is 37.2 Å². The van der Waals surface area contributed by atoms with Gasteiger partial charge in [0.05, 0.1) is 17.3 Å². The average Bonchev–Trinajstić information content (AvgIpc) is 3.12. The lowest BCUT2D eigenvalue weighted by Gasteiger charge is -2.24. The van der Waals surface area contributed by atoms with Gasteiger partial charge in [-0.05, 0) is 48.6 Å². The first kappa shape index (κ1) is 19.5. The molecule has 3 rings (SSSR count). The lowest BCUT2D eigenvalue weighted by atomic mass is 10.0. The summed E-state index contributed by atoms with van der Waals surface area (Å²) in [5.41, 5.74) is 1.74. The van der Waals surface area contributed by atoms with E-state index in [2.05, 4.69) is 28.1 Å². The number of amides is 2. The van der Waals surface area contributed by atoms with Gasteiger partial charge in [0.1, 0.15) is 6.07 Å². The Bertz CT molecular complexity index is 1050. The van der Waals surface area contributed by atoms with Gasteiger partial charge in [0.2, 0.25) is 0 Å². The van der Waals surface area contributed by atoms with Crippen molar-refractivity contribution in [1.82, 2.24) is 10.2 Å². The molecule has 0 fully saturated rings. The molecule has 2 N–H and O–H groups in total. The van der Waals surface area contributed by atoms with Gasteiger partial charge < -0.3 is 15.5 Å². The number of anilines is 1. The van der Waals surface area contributed by atoms with Crippen molar-refractivity contribution >= 4 is 38.9 Å². The average molecular weight is 392 g/mol. The van der Waals surface area contributed by atoms with Crippen molar-refractivity contribution in [2.24, 2.45) is 0 Å². The molecule has 1 atom stereocenters. The predicted octanol–water partition coefficient (Wildman–Crippen LogP) is 3.13. The Morgan fingerprint density at radius 3 is 2.57 bits per heavy atom. The van der Waals surface area contributed by atoms with E-state index >= 15 is 0 Å². The molecule has 6 nitrogen and oxygen atoms in total. The number of hydrogen-bond donors (Lipinski definition) is 2. The summed E-state index contributed by atoms with van der Waals surface area (Å²) in [4.78, 5) is 26.5. The van der Waals surface area contributed by atoms with Crippen LogP contribution in [0.1, 0.15) is 17.2 Å². The number of fused-ring (bicyclic) bond motifs is 1. The van der Waals surface area contributed by atoms with Crippen molar-refractivity contribution in [3.63, 3.8) is 0 Å². The maximum absolute atomic E-state index is 12.3. The van der Waals surface area contributed by atoms with Crippen molar-refractivity contribution in [2.75, 3.05) is 26.0 Å². The Hall–Kier alpha value is -3.21. The number of rotatable bonds is 5. The first-order chi connectivity index (χ1) is 13.5. The Morgan fingerprint density at radius 2 is 1.82 bits per heavy atom. The van der Waals surface area contributed by atoms with Crippen LogP contribution in [-0.2, 0) is 9.59 Å². The molecule has 0 saturated heterocycles. The molecule has 0 bridgehead atoms. The second kappa shape index (κ2) is 8.65. The highest BCUT2D eigenvalue weighted by Gasteiger charge is 2.21. The third-order valence-electron chi connectivity index (χ3n) is 4.45. The maximum Gasteiger partial charge on any atom is 0.313 e. The van der Waals surface area contributed by atoms with Crippen LogP contribution in [0.5, 0.6) is 0 Å². The van der Waals surface area contributed by atoms with E-state index < -0.39 is 11.8 Å². The largest absolute Gasteiger partial charge is 0.346 e. The Balaban J connectivity index is 1.69. The minimum atomic E-state index is -0.796. The smallest absolute Gasteiger partial charge is 0.313 e. The van der Waals surface area contributed by atoms with Gasteiger partial charge in [-0.25, -0.2) is 0 Å². The fourth-order valence-electron chi connectivity index (χ4n) is 2.97. The summed E-state index contributed by atoms with van der Waals surface area (Å²) in [6, 6.07) is 16.6. The number of carbonyl (C=O) groups excluding carboxylic acids is 2. The van der Waals surface area contributed by atoms with E-state index in [-0.39, 0.29) is 6.04 Å². The van der Waals surface area contributed by atoms with Gasteiger partial charge in [0.15, 0.2) is 0 Å². The van der Waals surface area contributed by atoms with Crippen LogP contribution in [0.3, 0.4) is 0 Å². The molecule has 0 aliphatic heterocycles. The normalized spacial score (nSPS) is 11.8. The second-order valence-corrected chi connectivity index (χ2v) is 7.40. The number of nitriles is 1. The molecule has 0 spiro atoms. The Kier molecular flexibility index (Phi) is 6.04. The minimum absolute atomic E-state index is 0.0701. The molecule has 0 aliphatic rings. The molecular formula is C21H20N4O2S. The molecule has 0 radical (unpaired) electrons. The molecular weight excluding hydrogens is 372 g/mol. The van der Waals surface area contributed by atoms with Crippen LogP contribution in [0.25, 0.3) is 10.1 Å². The van der Waals surface area contributed by atoms with Crippen LogP contribution < -0.4 is 10.6 Å². The summed E-state index contributed by atoms with van der Waals surface area (Å²) < 4.78 is 1.18. The molecule has 2 amide bonds. The van der Waals surface area contributed by atoms with Crippen molar-refractivity contribution < 1.29 is 9.59 Å². The number of para-hydroxylation sites is 1. The number of nitrogens with one attached hydrogen (secondary N) is 2. The van der Waals surface area contributed by atoms with Gasteiger partial charge in [0, 0.05) is 11.2 Å². The zero-order valence-electron chi connectivity index (χ0n) is 15.6. The monoisotopic (exact) mass is 392 g/mol. The fraction of sp³-hybridized carbons (Fsp3) is 0.190. The lowest BCUT2D eigenvalue weighted by Crippen LogP contribution is -2.40. The van der Waals surface area contributed by atoms with Gasteiger partial charge >= 0.3 is 11.8 Å². The second-order valence-electron chi connectivity index (χ2n) is 6.49. The third kappa shape index (κ3) is 4.19. The van der Waals surface area contributed by atoms with Crippen LogP contribution in [0, 0.1) is 11.3 Å². The molecule has 0 unspecified atom stereocenters. The maximum atomic E-state index is 12.3. The van der Waals surface area contributed by atoms with E-state index in [9.17, 15) is 9.59 Å². The quantitative estimate of drug-likeness (QED) is 0.653. The zero-order valence-corrected chi connectivity index (χ0v) is 16.4. The fourth-order valence-corrected chi connectivity index (χ4v) is 3.97. The van der Waals surface area contributed by atoms with E-state index in [1.54, 1.807) is 35.6 Å². The van der Waals surface area contributed by atoms with Gasteiger partial charge in [-0.2, -0.15) is 5.26 Å². The summed E-state index contributed by atoms with van der Waals surface area (Å²) in [7, 11) is 3.87. The summed E-state index contributed by atoms with van der Waals surface area (Å²) in [5, 5.41) is 17.5. The number of thiophene rings is 1. The predicted molar refractivity (Wildman–Crippen MR) is 111 cm³/mol. The van der Waals surface area contributed by atoms with E-state index in [0.29, 0.717) is 17.8 Å². The van der Waals surface area contributed by atoms with Crippen molar-refractivity contribution in [1.29, 1.82) is 5.26 Å². The van der Waals surface area contributed by atoms with Gasteiger partial charge in [-0.1, -0.05) is 30.3 Å². The molecule has 1 aromatic heterocycles. The summed E-state index contributed by atoms with van der Waals surface area (Å²) in [6.07, 6.45) is 0. The van der Waals surface area contributed by atoms with Crippen LogP contribution in [-0.4, -0.2) is 37.4 Å². The first-order valence-electron chi connectivity index (χ1n) is 8.72. The number of nitrogens with zero attached hydrogens (tertiary/aromatic N) is 2. The van der Waals surface area contributed by atoms with Crippen molar-refractivity contribution in [3.05, 3.63) is 65.0 Å². The molecule has 1 heterocycles. The molecule has 0 saturated carbocycles. The Labute approximate surface area is 167 Å². The van der Waals surface area contributed by atoms with E-state index in [1.165, 1.54) is 4.70 Å². The highest BCUT2D eigenvalue weighted by atomic mass is 32.1. The van der Waals surface area contributed by atoms with Crippen molar-refractivity contribution in [3.8, 4) is 6.07 Å². The molecule has 142 valence electrons. The molecule has 2 aromatic carbocycles. The van der Waals surface area contributed by atoms with Crippen LogP contribution in [0.15, 0.2) is 53.9 Å². The number of benzene rings is 2. The van der Waals surface area contributed by atoms with E-state index in [0.717, 1.165) is 10.9 Å². The first-order valence-corrected chi connectivity index (χ1v) is 9.60. The lowest BCUT2D eigenvalue weighted by molar-refractivity contribution is -0.136. The summed E-state index contributed by atoms with van der Waals surface area (Å²) >= 11 is 1.66. The van der Waals surface area contributed by atoms with Gasteiger partial charge in [-0.3, -0.25) is 9.59 Å². The van der Waals surface area contributed by atoms with Gasteiger partial charge in [0.25, 0.3) is 0 Å². The zero-order chi connectivity index (χ0) is 20.1. The minimum Gasteiger partial charge on any atom is -0.346 e. The Morgan fingerprint density at radius 1 is 1.11 bits per heavy atom. The van der Waals surface area contributed by atoms with Crippen LogP contribution in [0.4, 0.5) is 5.69 Å². The molecule has 0 aliphatic carbocycles. The highest BCUT2D eigenvalue weighted by molar-refractivity contribution is 7.17. The highest BCUT2D eigenvalue weighted by Crippen LogP contribution is 2.31. The van der Waals surface area contributed by atoms with E-state index in [4.69, 9.17) is 5.26 Å². The number of hydrogen-bond acceptors (Lipinski definition) is 5. The molecule has 28 heavy (non-hydrogen) atoms. The van der Waals surface area contributed by atoms with Crippen LogP contribution >= 0.6 is 11.3 Å². The number of likely N-dealkylation sites (N-methyl/N-ethyl adjacent to an activating group) is 1. The van der Waals surface area contributed by atoms with Gasteiger partial charge in [-0.15, -0.1) is 11.3 Å². The van der Waals surface area contributed by atoms with Crippen molar-refractivity contribution in [2.45, 2.75) is 6.04 Å². The third-order valence-corrected chi connectivity index (χ3v) is 5.43. The molecule has 3 aromatic rings. The topological polar surface area (TPSA) is 85.2 Å². The number of carbonyl (C=O) groups is 2. The van der Waals surface area contributed by atoms with Crippen LogP contribution in [0.2, 0.25) is 0 Å². The SMILES string of the molecule is CN(C)[C@H](CNC(=O)C(=O)Nc1ccccc1C#N)c1csc2ccccc12. The summed E-state index contributed by atoms with van der Waals surface area (Å²) in [5.74, 6) is -1.53. The standard InChI is InChI=1S/C21H20N4O2S/c1-25(2)18(16-13-28-19-10-6-4-8-15(16)19)12-23-20(26)21(27)24-17-9-5-3-7-14(17)11-22/h3-10,13,18H,12H2,1-2H3,(H,23,26)(H,24,27)/t18-/m1/s1. The molecule has 7 heteroatoms.